The number of nitrogens with one attached hydrogen (secondary N) is 1. The molecule has 0 aromatic carbocycles. The smallest absolute Gasteiger partial charge is 0.162 e. The van der Waals surface area contributed by atoms with E-state index in [1.807, 2.05) is 12.1 Å². The molecule has 4 heteroatoms. The Balaban J connectivity index is 2.03. The molecule has 0 radical (unpaired) electrons. The molecule has 0 saturated carbocycles. The molecule has 0 aliphatic rings. The van der Waals surface area contributed by atoms with Gasteiger partial charge in [-0.15, -0.1) is 11.3 Å². The summed E-state index contributed by atoms with van der Waals surface area (Å²) in [5.74, 6) is 0.840. The van der Waals surface area contributed by atoms with Gasteiger partial charge in [0.25, 0.3) is 0 Å². The number of hydrogen-bond donors (Lipinski definition) is 1. The normalized spacial score (nSPS) is 11.9. The molecule has 0 aliphatic carbocycles. The van der Waals surface area contributed by atoms with Crippen LogP contribution in [0.4, 0.5) is 0 Å². The van der Waals surface area contributed by atoms with Crippen LogP contribution in [0.1, 0.15) is 26.5 Å². The van der Waals surface area contributed by atoms with Gasteiger partial charge in [0.2, 0.25) is 0 Å². The minimum atomic E-state index is 0.120. The fraction of sp³-hybridized carbons (Fsp3) is 0.417. The van der Waals surface area contributed by atoms with Crippen LogP contribution in [0, 0.1) is 0 Å². The van der Waals surface area contributed by atoms with Crippen LogP contribution in [-0.4, -0.2) is 10.5 Å². The molecule has 0 saturated heterocycles. The first-order valence-electron chi connectivity index (χ1n) is 5.28. The van der Waals surface area contributed by atoms with Gasteiger partial charge < -0.3 is 9.73 Å². The molecule has 2 heterocycles. The van der Waals surface area contributed by atoms with Crippen LogP contribution >= 0.6 is 11.3 Å². The summed E-state index contributed by atoms with van der Waals surface area (Å²) in [5, 5.41) is 6.42. The number of thiazole rings is 1. The fourth-order valence-electron chi connectivity index (χ4n) is 1.26. The van der Waals surface area contributed by atoms with Crippen LogP contribution in [0.5, 0.6) is 0 Å². The second-order valence-electron chi connectivity index (χ2n) is 4.72. The zero-order valence-corrected chi connectivity index (χ0v) is 10.6. The highest BCUT2D eigenvalue weighted by Gasteiger charge is 2.11. The molecule has 0 fully saturated rings. The summed E-state index contributed by atoms with van der Waals surface area (Å²) in [6, 6.07) is 3.81. The molecule has 0 amide bonds. The Bertz CT molecular complexity index is 440. The van der Waals surface area contributed by atoms with Crippen molar-refractivity contribution in [3.05, 3.63) is 29.5 Å². The Kier molecular flexibility index (Phi) is 3.12. The molecule has 2 aromatic heterocycles. The Morgan fingerprint density at radius 2 is 2.25 bits per heavy atom. The average molecular weight is 236 g/mol. The molecule has 0 spiro atoms. The first kappa shape index (κ1) is 11.4. The van der Waals surface area contributed by atoms with E-state index >= 15 is 0 Å². The maximum atomic E-state index is 5.31. The van der Waals surface area contributed by atoms with E-state index in [4.69, 9.17) is 4.42 Å². The zero-order valence-electron chi connectivity index (χ0n) is 9.78. The van der Waals surface area contributed by atoms with E-state index in [1.54, 1.807) is 17.6 Å². The average Bonchev–Trinajstić information content (AvgIpc) is 2.84. The van der Waals surface area contributed by atoms with Crippen LogP contribution in [0.15, 0.2) is 28.2 Å². The summed E-state index contributed by atoms with van der Waals surface area (Å²) in [6.45, 7) is 7.23. The van der Waals surface area contributed by atoms with Gasteiger partial charge in [-0.25, -0.2) is 4.98 Å². The first-order chi connectivity index (χ1) is 7.54. The highest BCUT2D eigenvalue weighted by atomic mass is 32.1. The molecule has 0 bridgehead atoms. The summed E-state index contributed by atoms with van der Waals surface area (Å²) in [4.78, 5) is 4.52. The number of hydrogen-bond acceptors (Lipinski definition) is 4. The van der Waals surface area contributed by atoms with Crippen LogP contribution in [-0.2, 0) is 6.54 Å². The highest BCUT2D eigenvalue weighted by molar-refractivity contribution is 7.13. The van der Waals surface area contributed by atoms with Gasteiger partial charge in [-0.1, -0.05) is 0 Å². The van der Waals surface area contributed by atoms with Crippen molar-refractivity contribution in [2.75, 3.05) is 0 Å². The lowest BCUT2D eigenvalue weighted by Gasteiger charge is -2.19. The van der Waals surface area contributed by atoms with Crippen LogP contribution in [0.25, 0.3) is 10.8 Å². The second kappa shape index (κ2) is 4.39. The van der Waals surface area contributed by atoms with Crippen molar-refractivity contribution in [3.63, 3.8) is 0 Å². The quantitative estimate of drug-likeness (QED) is 0.888. The SMILES string of the molecule is CC(C)(C)NCc1csc(-c2ccco2)n1. The third kappa shape index (κ3) is 2.93. The summed E-state index contributed by atoms with van der Waals surface area (Å²) in [7, 11) is 0. The van der Waals surface area contributed by atoms with Crippen LogP contribution in [0.2, 0.25) is 0 Å². The van der Waals surface area contributed by atoms with Crippen molar-refractivity contribution in [2.45, 2.75) is 32.9 Å². The maximum absolute atomic E-state index is 5.31. The van der Waals surface area contributed by atoms with E-state index in [0.29, 0.717) is 0 Å². The number of furan rings is 1. The predicted molar refractivity (Wildman–Crippen MR) is 66.4 cm³/mol. The van der Waals surface area contributed by atoms with E-state index in [9.17, 15) is 0 Å². The number of aromatic nitrogens is 1. The molecule has 86 valence electrons. The number of nitrogens with zero attached hydrogens (tertiary/aromatic N) is 1. The van der Waals surface area contributed by atoms with E-state index in [1.165, 1.54) is 0 Å². The van der Waals surface area contributed by atoms with Crippen molar-refractivity contribution in [1.29, 1.82) is 0 Å². The molecule has 2 aromatic rings. The Hall–Kier alpha value is -1.13. The van der Waals surface area contributed by atoms with E-state index in [-0.39, 0.29) is 5.54 Å². The Labute approximate surface area is 99.5 Å². The lowest BCUT2D eigenvalue weighted by atomic mass is 10.1. The van der Waals surface area contributed by atoms with E-state index in [0.717, 1.165) is 23.0 Å². The first-order valence-corrected chi connectivity index (χ1v) is 6.16. The summed E-state index contributed by atoms with van der Waals surface area (Å²) in [6.07, 6.45) is 1.67. The monoisotopic (exact) mass is 236 g/mol. The van der Waals surface area contributed by atoms with Crippen molar-refractivity contribution in [1.82, 2.24) is 10.3 Å². The summed E-state index contributed by atoms with van der Waals surface area (Å²) in [5.41, 5.74) is 1.18. The molecule has 0 atom stereocenters. The van der Waals surface area contributed by atoms with Gasteiger partial charge in [0.15, 0.2) is 10.8 Å². The van der Waals surface area contributed by atoms with Crippen LogP contribution in [0.3, 0.4) is 0 Å². The van der Waals surface area contributed by atoms with E-state index < -0.39 is 0 Å². The Morgan fingerprint density at radius 1 is 1.44 bits per heavy atom. The lowest BCUT2D eigenvalue weighted by Crippen LogP contribution is -2.35. The largest absolute Gasteiger partial charge is 0.462 e. The fourth-order valence-corrected chi connectivity index (χ4v) is 2.04. The van der Waals surface area contributed by atoms with Crippen molar-refractivity contribution in [3.8, 4) is 10.8 Å². The van der Waals surface area contributed by atoms with Crippen molar-refractivity contribution in [2.24, 2.45) is 0 Å². The molecule has 2 rings (SSSR count). The molecule has 1 N–H and O–H groups in total. The summed E-state index contributed by atoms with van der Waals surface area (Å²) < 4.78 is 5.31. The topological polar surface area (TPSA) is 38.1 Å². The zero-order chi connectivity index (χ0) is 11.6. The minimum absolute atomic E-state index is 0.120. The highest BCUT2D eigenvalue weighted by Crippen LogP contribution is 2.23. The maximum Gasteiger partial charge on any atom is 0.162 e. The predicted octanol–water partition coefficient (Wildman–Crippen LogP) is 3.29. The number of rotatable bonds is 3. The molecular formula is C12H16N2OS. The van der Waals surface area contributed by atoms with Gasteiger partial charge in [0.1, 0.15) is 0 Å². The van der Waals surface area contributed by atoms with Crippen LogP contribution < -0.4 is 5.32 Å². The molecule has 0 aliphatic heterocycles. The molecule has 3 nitrogen and oxygen atoms in total. The minimum Gasteiger partial charge on any atom is -0.462 e. The third-order valence-corrected chi connectivity index (χ3v) is 2.99. The van der Waals surface area contributed by atoms with Gasteiger partial charge in [0.05, 0.1) is 12.0 Å². The van der Waals surface area contributed by atoms with Gasteiger partial charge in [-0.3, -0.25) is 0 Å². The molecular weight excluding hydrogens is 220 g/mol. The second-order valence-corrected chi connectivity index (χ2v) is 5.58. The van der Waals surface area contributed by atoms with Gasteiger partial charge >= 0.3 is 0 Å². The molecule has 16 heavy (non-hydrogen) atoms. The van der Waals surface area contributed by atoms with Gasteiger partial charge in [0, 0.05) is 17.5 Å². The van der Waals surface area contributed by atoms with Crippen molar-refractivity contribution < 1.29 is 4.42 Å². The van der Waals surface area contributed by atoms with E-state index in [2.05, 4.69) is 36.5 Å². The van der Waals surface area contributed by atoms with Gasteiger partial charge in [-0.05, 0) is 32.9 Å². The standard InChI is InChI=1S/C12H16N2OS/c1-12(2,3)13-7-9-8-16-11(14-9)10-5-4-6-15-10/h4-6,8,13H,7H2,1-3H3. The van der Waals surface area contributed by atoms with Crippen molar-refractivity contribution >= 4 is 11.3 Å². The Morgan fingerprint density at radius 3 is 2.88 bits per heavy atom. The van der Waals surface area contributed by atoms with Gasteiger partial charge in [-0.2, -0.15) is 0 Å². The summed E-state index contributed by atoms with van der Waals surface area (Å²) >= 11 is 1.61. The lowest BCUT2D eigenvalue weighted by molar-refractivity contribution is 0.422. The molecule has 0 unspecified atom stereocenters. The third-order valence-electron chi connectivity index (χ3n) is 2.08.